The summed E-state index contributed by atoms with van der Waals surface area (Å²) in [6.45, 7) is 21.2. The fraction of sp³-hybridized carbons (Fsp3) is 0.182. The molecular weight excluding hydrogens is 839 g/mol. The molecule has 0 amide bonds. The van der Waals surface area contributed by atoms with Gasteiger partial charge >= 0.3 is 0 Å². The van der Waals surface area contributed by atoms with E-state index in [4.69, 9.17) is 8.83 Å². The summed E-state index contributed by atoms with van der Waals surface area (Å²) in [7, 11) is 0. The summed E-state index contributed by atoms with van der Waals surface area (Å²) in [4.78, 5) is 2.50. The zero-order valence-corrected chi connectivity index (χ0v) is 40.8. The third-order valence-electron chi connectivity index (χ3n) is 16.7. The van der Waals surface area contributed by atoms with Crippen LogP contribution in [0.3, 0.4) is 0 Å². The first-order valence-electron chi connectivity index (χ1n) is 24.6. The lowest BCUT2D eigenvalue weighted by Gasteiger charge is -2.32. The Bertz CT molecular complexity index is 4090. The van der Waals surface area contributed by atoms with E-state index in [1.807, 2.05) is 0 Å². The number of nitrogens with zero attached hydrogens (tertiary/aromatic N) is 1. The molecule has 2 heterocycles. The minimum atomic E-state index is -0.331. The van der Waals surface area contributed by atoms with Crippen LogP contribution in [0.15, 0.2) is 167 Å². The normalized spacial score (nSPS) is 15.4. The molecule has 3 aliphatic rings. The molecule has 0 aliphatic heterocycles. The lowest BCUT2D eigenvalue weighted by molar-refractivity contribution is 0.600. The van der Waals surface area contributed by atoms with Crippen molar-refractivity contribution in [1.29, 1.82) is 0 Å². The van der Waals surface area contributed by atoms with Gasteiger partial charge < -0.3 is 13.7 Å². The molecule has 14 rings (SSSR count). The number of benzene rings is 9. The maximum absolute atomic E-state index is 7.05. The van der Waals surface area contributed by atoms with Crippen molar-refractivity contribution in [3.8, 4) is 44.5 Å². The van der Waals surface area contributed by atoms with Crippen LogP contribution in [-0.2, 0) is 16.2 Å². The van der Waals surface area contributed by atoms with Gasteiger partial charge in [0.15, 0.2) is 0 Å². The van der Waals surface area contributed by atoms with Crippen molar-refractivity contribution < 1.29 is 8.83 Å². The first-order chi connectivity index (χ1) is 33.2. The Kier molecular flexibility index (Phi) is 7.94. The van der Waals surface area contributed by atoms with Gasteiger partial charge in [0.05, 0.1) is 0 Å². The molecule has 3 aliphatic carbocycles. The quantitative estimate of drug-likeness (QED) is 0.176. The third kappa shape index (κ3) is 5.18. The standard InChI is InChI=1S/C66H53NO2/c1-36-26-29-41(38(3)32-36)47-35-51-55(57-45-20-12-16-24-53(45)68-62(47)57)43-30-27-39(33-49(43)64(51,4)5)67(52-23-15-10-18-37(52)2)40-28-31-44-50(34-40)66(8,9)61-59(44)63-58(46-21-13-17-25-54(46)69-63)56-42-19-11-14-22-48(42)65(6,7)60(56)61/h10-35H,1-9H3. The predicted molar refractivity (Wildman–Crippen MR) is 288 cm³/mol. The van der Waals surface area contributed by atoms with Crippen molar-refractivity contribution in [1.82, 2.24) is 0 Å². The molecule has 0 bridgehead atoms. The lowest BCUT2D eigenvalue weighted by atomic mass is 9.72. The number of hydrogen-bond donors (Lipinski definition) is 0. The van der Waals surface area contributed by atoms with Gasteiger partial charge in [-0.05, 0) is 147 Å². The molecule has 0 fully saturated rings. The molecule has 0 N–H and O–H groups in total. The molecular formula is C66H53NO2. The summed E-state index contributed by atoms with van der Waals surface area (Å²) in [5.74, 6) is 0. The summed E-state index contributed by atoms with van der Waals surface area (Å²) >= 11 is 0. The molecule has 3 nitrogen and oxygen atoms in total. The number of para-hydroxylation sites is 3. The molecule has 0 unspecified atom stereocenters. The fourth-order valence-corrected chi connectivity index (χ4v) is 13.4. The number of rotatable bonds is 4. The van der Waals surface area contributed by atoms with E-state index in [-0.39, 0.29) is 16.2 Å². The Balaban J connectivity index is 0.986. The van der Waals surface area contributed by atoms with Gasteiger partial charge in [0.25, 0.3) is 0 Å². The van der Waals surface area contributed by atoms with Crippen LogP contribution in [-0.4, -0.2) is 0 Å². The minimum absolute atomic E-state index is 0.208. The summed E-state index contributed by atoms with van der Waals surface area (Å²) in [5, 5.41) is 4.77. The van der Waals surface area contributed by atoms with E-state index in [0.29, 0.717) is 0 Å². The summed E-state index contributed by atoms with van der Waals surface area (Å²) < 4.78 is 13.9. The highest BCUT2D eigenvalue weighted by molar-refractivity contribution is 6.21. The SMILES string of the molecule is Cc1ccc(-c2cc3c(c4c2oc2ccccc24)-c2ccc(N(c4ccc5c(c4)C(C)(C)c4c6c(c7c(oc8ccccc87)c4-5)-c4ccccc4C6(C)C)c4ccccc4C)cc2C3(C)C)c(C)c1. The second kappa shape index (κ2) is 13.5. The second-order valence-electron chi connectivity index (χ2n) is 21.8. The monoisotopic (exact) mass is 891 g/mol. The first-order valence-corrected chi connectivity index (χ1v) is 24.6. The smallest absolute Gasteiger partial charge is 0.144 e. The summed E-state index contributed by atoms with van der Waals surface area (Å²) in [6.07, 6.45) is 0. The van der Waals surface area contributed by atoms with Crippen molar-refractivity contribution in [2.75, 3.05) is 4.90 Å². The minimum Gasteiger partial charge on any atom is -0.455 e. The van der Waals surface area contributed by atoms with Gasteiger partial charge in [0, 0.05) is 66.0 Å². The molecule has 0 spiro atoms. The van der Waals surface area contributed by atoms with E-state index in [1.165, 1.54) is 105 Å². The van der Waals surface area contributed by atoms with Gasteiger partial charge in [0.2, 0.25) is 0 Å². The molecule has 9 aromatic carbocycles. The average Bonchev–Trinajstić information content (AvgIpc) is 4.09. The Hall–Kier alpha value is -7.62. The van der Waals surface area contributed by atoms with E-state index in [0.717, 1.165) is 50.3 Å². The van der Waals surface area contributed by atoms with Crippen LogP contribution in [0.5, 0.6) is 0 Å². The van der Waals surface area contributed by atoms with E-state index >= 15 is 0 Å². The number of hydrogen-bond acceptors (Lipinski definition) is 3. The number of anilines is 3. The number of aryl methyl sites for hydroxylation is 3. The van der Waals surface area contributed by atoms with E-state index in [1.54, 1.807) is 0 Å². The molecule has 69 heavy (non-hydrogen) atoms. The third-order valence-corrected chi connectivity index (χ3v) is 16.7. The highest BCUT2D eigenvalue weighted by atomic mass is 16.3. The summed E-state index contributed by atoms with van der Waals surface area (Å²) in [5.41, 5.74) is 28.3. The molecule has 334 valence electrons. The van der Waals surface area contributed by atoms with Crippen molar-refractivity contribution in [2.45, 2.75) is 78.6 Å². The van der Waals surface area contributed by atoms with Crippen molar-refractivity contribution in [2.24, 2.45) is 0 Å². The van der Waals surface area contributed by atoms with Crippen molar-refractivity contribution in [3.63, 3.8) is 0 Å². The van der Waals surface area contributed by atoms with E-state index in [9.17, 15) is 0 Å². The molecule has 11 aromatic rings. The Morgan fingerprint density at radius 1 is 0.377 bits per heavy atom. The van der Waals surface area contributed by atoms with Gasteiger partial charge in [-0.25, -0.2) is 0 Å². The van der Waals surface area contributed by atoms with Crippen LogP contribution in [0, 0.1) is 20.8 Å². The van der Waals surface area contributed by atoms with Crippen molar-refractivity contribution >= 4 is 60.9 Å². The van der Waals surface area contributed by atoms with Gasteiger partial charge in [-0.1, -0.05) is 156 Å². The predicted octanol–water partition coefficient (Wildman–Crippen LogP) is 18.5. The first kappa shape index (κ1) is 40.4. The Morgan fingerprint density at radius 3 is 1.61 bits per heavy atom. The van der Waals surface area contributed by atoms with Crippen LogP contribution < -0.4 is 4.90 Å². The molecule has 2 aromatic heterocycles. The fourth-order valence-electron chi connectivity index (χ4n) is 13.4. The molecule has 0 atom stereocenters. The van der Waals surface area contributed by atoms with Crippen LogP contribution in [0.1, 0.15) is 91.6 Å². The number of fused-ring (bicyclic) bond motifs is 19. The second-order valence-corrected chi connectivity index (χ2v) is 21.8. The average molecular weight is 892 g/mol. The van der Waals surface area contributed by atoms with Crippen LogP contribution in [0.25, 0.3) is 88.4 Å². The van der Waals surface area contributed by atoms with Gasteiger partial charge in [0.1, 0.15) is 22.3 Å². The molecule has 0 radical (unpaired) electrons. The van der Waals surface area contributed by atoms with Crippen LogP contribution in [0.4, 0.5) is 17.1 Å². The Morgan fingerprint density at radius 2 is 0.913 bits per heavy atom. The van der Waals surface area contributed by atoms with Gasteiger partial charge in [-0.3, -0.25) is 0 Å². The zero-order chi connectivity index (χ0) is 47.0. The molecule has 3 heteroatoms. The molecule has 0 saturated heterocycles. The van der Waals surface area contributed by atoms with E-state index < -0.39 is 0 Å². The number of furan rings is 2. The largest absolute Gasteiger partial charge is 0.455 e. The van der Waals surface area contributed by atoms with E-state index in [2.05, 4.69) is 225 Å². The maximum atomic E-state index is 7.05. The topological polar surface area (TPSA) is 29.5 Å². The van der Waals surface area contributed by atoms with Gasteiger partial charge in [-0.15, -0.1) is 0 Å². The van der Waals surface area contributed by atoms with Crippen LogP contribution >= 0.6 is 0 Å². The lowest BCUT2D eigenvalue weighted by Crippen LogP contribution is -2.24. The maximum Gasteiger partial charge on any atom is 0.144 e. The summed E-state index contributed by atoms with van der Waals surface area (Å²) in [6, 6.07) is 58.7. The molecule has 0 saturated carbocycles. The highest BCUT2D eigenvalue weighted by Gasteiger charge is 2.49. The Labute approximate surface area is 403 Å². The van der Waals surface area contributed by atoms with Crippen LogP contribution in [0.2, 0.25) is 0 Å². The zero-order valence-electron chi connectivity index (χ0n) is 40.8. The van der Waals surface area contributed by atoms with Gasteiger partial charge in [-0.2, -0.15) is 0 Å². The highest BCUT2D eigenvalue weighted by Crippen LogP contribution is 2.64. The van der Waals surface area contributed by atoms with Crippen molar-refractivity contribution in [3.05, 3.63) is 208 Å².